The van der Waals surface area contributed by atoms with E-state index in [1.165, 1.54) is 37.7 Å². The molecular formula is C18H23BrO. The smallest absolute Gasteiger partial charge is 0.0614 e. The summed E-state index contributed by atoms with van der Waals surface area (Å²) in [5.41, 5.74) is 1.27. The average Bonchev–Trinajstić information content (AvgIpc) is 2.40. The molecule has 1 atom stereocenters. The normalized spacial score (nSPS) is 40.0. The molecule has 108 valence electrons. The highest BCUT2D eigenvalue weighted by Crippen LogP contribution is 2.57. The molecule has 2 heteroatoms. The number of hydrogen-bond acceptors (Lipinski definition) is 1. The summed E-state index contributed by atoms with van der Waals surface area (Å²) in [6.07, 6.45) is 7.78. The number of hydrogen-bond donors (Lipinski definition) is 1. The Morgan fingerprint density at radius 2 is 1.50 bits per heavy atom. The first-order valence-corrected chi connectivity index (χ1v) is 8.91. The van der Waals surface area contributed by atoms with Crippen molar-refractivity contribution in [3.05, 3.63) is 34.3 Å². The van der Waals surface area contributed by atoms with Gasteiger partial charge in [-0.3, -0.25) is 0 Å². The summed E-state index contributed by atoms with van der Waals surface area (Å²) in [6.45, 7) is 0. The molecule has 1 aromatic rings. The van der Waals surface area contributed by atoms with Crippen molar-refractivity contribution in [2.45, 2.75) is 44.6 Å². The molecular weight excluding hydrogens is 312 g/mol. The summed E-state index contributed by atoms with van der Waals surface area (Å²) in [4.78, 5) is 0. The molecule has 0 aliphatic heterocycles. The fourth-order valence-corrected chi connectivity index (χ4v) is 5.86. The van der Waals surface area contributed by atoms with Crippen LogP contribution in [0, 0.1) is 29.6 Å². The predicted octanol–water partition coefficient (Wildman–Crippen LogP) is 4.42. The van der Waals surface area contributed by atoms with E-state index in [0.29, 0.717) is 5.92 Å². The SMILES string of the molecule is OC(Cc1ccc(Br)cc1)C1C2CC3CC(C2)CC1C3. The Hall–Kier alpha value is -0.340. The van der Waals surface area contributed by atoms with Crippen LogP contribution in [0.1, 0.15) is 37.7 Å². The Balaban J connectivity index is 1.48. The first kappa shape index (κ1) is 13.3. The zero-order chi connectivity index (χ0) is 13.7. The van der Waals surface area contributed by atoms with Crippen LogP contribution in [-0.2, 0) is 6.42 Å². The van der Waals surface area contributed by atoms with Crippen molar-refractivity contribution in [1.29, 1.82) is 0 Å². The summed E-state index contributed by atoms with van der Waals surface area (Å²) in [5.74, 6) is 4.20. The Kier molecular flexibility index (Phi) is 3.42. The van der Waals surface area contributed by atoms with Gasteiger partial charge in [-0.15, -0.1) is 0 Å². The topological polar surface area (TPSA) is 20.2 Å². The van der Waals surface area contributed by atoms with E-state index in [4.69, 9.17) is 0 Å². The van der Waals surface area contributed by atoms with Gasteiger partial charge in [0, 0.05) is 4.47 Å². The minimum atomic E-state index is -0.133. The Morgan fingerprint density at radius 1 is 0.950 bits per heavy atom. The molecule has 4 aliphatic rings. The minimum Gasteiger partial charge on any atom is -0.392 e. The van der Waals surface area contributed by atoms with Gasteiger partial charge in [0.1, 0.15) is 0 Å². The van der Waals surface area contributed by atoms with Gasteiger partial charge in [0.15, 0.2) is 0 Å². The molecule has 4 fully saturated rings. The monoisotopic (exact) mass is 334 g/mol. The van der Waals surface area contributed by atoms with Crippen molar-refractivity contribution in [1.82, 2.24) is 0 Å². The molecule has 1 N–H and O–H groups in total. The highest BCUT2D eigenvalue weighted by molar-refractivity contribution is 9.10. The quantitative estimate of drug-likeness (QED) is 0.867. The van der Waals surface area contributed by atoms with Gasteiger partial charge in [-0.2, -0.15) is 0 Å². The van der Waals surface area contributed by atoms with Crippen LogP contribution >= 0.6 is 15.9 Å². The van der Waals surface area contributed by atoms with Crippen molar-refractivity contribution >= 4 is 15.9 Å². The number of aliphatic hydroxyl groups excluding tert-OH is 1. The molecule has 4 aliphatic carbocycles. The lowest BCUT2D eigenvalue weighted by molar-refractivity contribution is -0.0887. The van der Waals surface area contributed by atoms with Gasteiger partial charge in [-0.05, 0) is 85.8 Å². The molecule has 20 heavy (non-hydrogen) atoms. The van der Waals surface area contributed by atoms with Crippen LogP contribution in [-0.4, -0.2) is 11.2 Å². The van der Waals surface area contributed by atoms with Crippen molar-refractivity contribution in [2.24, 2.45) is 29.6 Å². The van der Waals surface area contributed by atoms with Crippen LogP contribution in [0.2, 0.25) is 0 Å². The molecule has 0 spiro atoms. The Labute approximate surface area is 129 Å². The van der Waals surface area contributed by atoms with Gasteiger partial charge >= 0.3 is 0 Å². The summed E-state index contributed by atoms with van der Waals surface area (Å²) in [5, 5.41) is 10.8. The average molecular weight is 335 g/mol. The highest BCUT2D eigenvalue weighted by atomic mass is 79.9. The summed E-state index contributed by atoms with van der Waals surface area (Å²) in [6, 6.07) is 8.45. The van der Waals surface area contributed by atoms with Crippen LogP contribution in [0.4, 0.5) is 0 Å². The maximum absolute atomic E-state index is 10.8. The van der Waals surface area contributed by atoms with E-state index >= 15 is 0 Å². The van der Waals surface area contributed by atoms with E-state index in [9.17, 15) is 5.11 Å². The maximum atomic E-state index is 10.8. The Morgan fingerprint density at radius 3 is 2.05 bits per heavy atom. The zero-order valence-electron chi connectivity index (χ0n) is 11.8. The Bertz CT molecular complexity index is 453. The van der Waals surface area contributed by atoms with Crippen LogP contribution < -0.4 is 0 Å². The fourth-order valence-electron chi connectivity index (χ4n) is 5.59. The van der Waals surface area contributed by atoms with Crippen LogP contribution in [0.15, 0.2) is 28.7 Å². The second-order valence-electron chi connectivity index (χ2n) is 7.41. The van der Waals surface area contributed by atoms with E-state index in [1.807, 2.05) is 0 Å². The lowest BCUT2D eigenvalue weighted by Gasteiger charge is -2.55. The molecule has 5 rings (SSSR count). The van der Waals surface area contributed by atoms with Crippen molar-refractivity contribution in [2.75, 3.05) is 0 Å². The first-order chi connectivity index (χ1) is 9.69. The number of aliphatic hydroxyl groups is 1. The predicted molar refractivity (Wildman–Crippen MR) is 84.4 cm³/mol. The molecule has 0 radical (unpaired) electrons. The van der Waals surface area contributed by atoms with Gasteiger partial charge in [0.2, 0.25) is 0 Å². The van der Waals surface area contributed by atoms with E-state index in [0.717, 1.165) is 34.6 Å². The van der Waals surface area contributed by atoms with Crippen LogP contribution in [0.3, 0.4) is 0 Å². The second-order valence-corrected chi connectivity index (χ2v) is 8.32. The highest BCUT2D eigenvalue weighted by Gasteiger charge is 2.50. The van der Waals surface area contributed by atoms with E-state index in [-0.39, 0.29) is 6.10 Å². The molecule has 0 saturated heterocycles. The molecule has 0 amide bonds. The number of rotatable bonds is 3. The van der Waals surface area contributed by atoms with Crippen LogP contribution in [0.25, 0.3) is 0 Å². The third-order valence-corrected chi connectivity index (χ3v) is 6.63. The number of benzene rings is 1. The van der Waals surface area contributed by atoms with Gasteiger partial charge < -0.3 is 5.11 Å². The molecule has 0 aromatic heterocycles. The van der Waals surface area contributed by atoms with Crippen LogP contribution in [0.5, 0.6) is 0 Å². The lowest BCUT2D eigenvalue weighted by atomic mass is 9.50. The maximum Gasteiger partial charge on any atom is 0.0614 e. The second kappa shape index (κ2) is 5.14. The molecule has 1 nitrogen and oxygen atoms in total. The van der Waals surface area contributed by atoms with Crippen molar-refractivity contribution in [3.8, 4) is 0 Å². The van der Waals surface area contributed by atoms with Gasteiger partial charge in [0.05, 0.1) is 6.10 Å². The lowest BCUT2D eigenvalue weighted by Crippen LogP contribution is -2.49. The number of halogens is 1. The molecule has 4 saturated carbocycles. The van der Waals surface area contributed by atoms with E-state index < -0.39 is 0 Å². The summed E-state index contributed by atoms with van der Waals surface area (Å²) < 4.78 is 1.12. The minimum absolute atomic E-state index is 0.133. The largest absolute Gasteiger partial charge is 0.392 e. The van der Waals surface area contributed by atoms with Gasteiger partial charge in [-0.25, -0.2) is 0 Å². The summed E-state index contributed by atoms with van der Waals surface area (Å²) in [7, 11) is 0. The first-order valence-electron chi connectivity index (χ1n) is 8.11. The molecule has 4 bridgehead atoms. The third-order valence-electron chi connectivity index (χ3n) is 6.10. The molecule has 0 heterocycles. The molecule has 1 unspecified atom stereocenters. The standard InChI is InChI=1S/C18H23BrO/c19-16-3-1-11(2-4-16)10-17(20)18-14-6-12-5-13(8-14)9-15(18)7-12/h1-4,12-15,17-18,20H,5-10H2. The van der Waals surface area contributed by atoms with E-state index in [2.05, 4.69) is 40.2 Å². The zero-order valence-corrected chi connectivity index (χ0v) is 13.4. The molecule has 1 aromatic carbocycles. The summed E-state index contributed by atoms with van der Waals surface area (Å²) >= 11 is 3.48. The fraction of sp³-hybridized carbons (Fsp3) is 0.667. The van der Waals surface area contributed by atoms with E-state index in [1.54, 1.807) is 0 Å². The van der Waals surface area contributed by atoms with Gasteiger partial charge in [-0.1, -0.05) is 28.1 Å². The van der Waals surface area contributed by atoms with Crippen molar-refractivity contribution < 1.29 is 5.11 Å². The third kappa shape index (κ3) is 2.35. The van der Waals surface area contributed by atoms with Gasteiger partial charge in [0.25, 0.3) is 0 Å². The van der Waals surface area contributed by atoms with Crippen molar-refractivity contribution in [3.63, 3.8) is 0 Å².